The molecule has 0 saturated heterocycles. The predicted octanol–water partition coefficient (Wildman–Crippen LogP) is 3.24. The summed E-state index contributed by atoms with van der Waals surface area (Å²) in [6.45, 7) is 0. The van der Waals surface area contributed by atoms with E-state index in [-0.39, 0.29) is 0 Å². The summed E-state index contributed by atoms with van der Waals surface area (Å²) in [4.78, 5) is 26.5. The Morgan fingerprint density at radius 2 is 1.64 bits per heavy atom. The Balaban J connectivity index is 1.82. The molecule has 4 amide bonds. The SMILES string of the molecule is COc1cc2nccc(Oc3ccc(NC(=O)NC(N)=O)cc3)c2cc1OC. The number of nitrogens with zero attached hydrogens (tertiary/aromatic N) is 1. The molecule has 3 rings (SSSR count). The van der Waals surface area contributed by atoms with Crippen LogP contribution in [-0.4, -0.2) is 31.3 Å². The van der Waals surface area contributed by atoms with Gasteiger partial charge in [-0.1, -0.05) is 0 Å². The number of anilines is 1. The van der Waals surface area contributed by atoms with Gasteiger partial charge in [-0.15, -0.1) is 0 Å². The number of nitrogens with one attached hydrogen (secondary N) is 2. The largest absolute Gasteiger partial charge is 0.493 e. The number of pyridine rings is 1. The van der Waals surface area contributed by atoms with Gasteiger partial charge in [0.1, 0.15) is 11.5 Å². The van der Waals surface area contributed by atoms with Gasteiger partial charge in [-0.05, 0) is 36.4 Å². The van der Waals surface area contributed by atoms with Crippen LogP contribution in [-0.2, 0) is 0 Å². The van der Waals surface area contributed by atoms with Gasteiger partial charge in [-0.25, -0.2) is 9.59 Å². The normalized spacial score (nSPS) is 10.2. The number of methoxy groups -OCH3 is 2. The van der Waals surface area contributed by atoms with E-state index >= 15 is 0 Å². The molecule has 3 aromatic rings. The van der Waals surface area contributed by atoms with Gasteiger partial charge < -0.3 is 25.3 Å². The van der Waals surface area contributed by atoms with Crippen LogP contribution in [0.25, 0.3) is 10.9 Å². The number of ether oxygens (including phenoxy) is 3. The molecule has 0 aliphatic carbocycles. The molecule has 0 saturated carbocycles. The summed E-state index contributed by atoms with van der Waals surface area (Å²) < 4.78 is 16.6. The highest BCUT2D eigenvalue weighted by Gasteiger charge is 2.11. The number of nitrogens with two attached hydrogens (primary N) is 1. The third-order valence-electron chi connectivity index (χ3n) is 3.78. The highest BCUT2D eigenvalue weighted by molar-refractivity contribution is 6.00. The first-order valence-electron chi connectivity index (χ1n) is 8.16. The molecule has 0 spiro atoms. The van der Waals surface area contributed by atoms with Crippen molar-refractivity contribution in [1.82, 2.24) is 10.3 Å². The van der Waals surface area contributed by atoms with Crippen LogP contribution in [0.15, 0.2) is 48.7 Å². The minimum atomic E-state index is -0.936. The van der Waals surface area contributed by atoms with Crippen LogP contribution in [0.4, 0.5) is 15.3 Å². The molecule has 0 atom stereocenters. The Hall–Kier alpha value is -4.01. The Bertz CT molecular complexity index is 1020. The molecule has 1 heterocycles. The lowest BCUT2D eigenvalue weighted by Crippen LogP contribution is -2.38. The van der Waals surface area contributed by atoms with E-state index in [9.17, 15) is 9.59 Å². The molecule has 9 nitrogen and oxygen atoms in total. The molecule has 0 aliphatic rings. The maximum absolute atomic E-state index is 11.5. The molecule has 0 radical (unpaired) electrons. The standard InChI is InChI=1S/C19H18N4O5/c1-26-16-9-13-14(10-17(16)27-2)21-8-7-15(13)28-12-5-3-11(4-6-12)22-19(25)23-18(20)24/h3-10H,1-2H3,(H4,20,22,23,24,25). The average molecular weight is 382 g/mol. The maximum Gasteiger partial charge on any atom is 0.327 e. The van der Waals surface area contributed by atoms with Crippen LogP contribution in [0, 0.1) is 0 Å². The van der Waals surface area contributed by atoms with Gasteiger partial charge in [0.15, 0.2) is 11.5 Å². The van der Waals surface area contributed by atoms with E-state index in [1.807, 2.05) is 5.32 Å². The summed E-state index contributed by atoms with van der Waals surface area (Å²) in [7, 11) is 3.12. The molecule has 0 fully saturated rings. The van der Waals surface area contributed by atoms with Crippen LogP contribution in [0.2, 0.25) is 0 Å². The molecule has 144 valence electrons. The van der Waals surface area contributed by atoms with E-state index in [4.69, 9.17) is 19.9 Å². The molecule has 0 bridgehead atoms. The van der Waals surface area contributed by atoms with Crippen LogP contribution in [0.5, 0.6) is 23.0 Å². The monoisotopic (exact) mass is 382 g/mol. The first kappa shape index (κ1) is 18.8. The minimum absolute atomic E-state index is 0.470. The van der Waals surface area contributed by atoms with Crippen molar-refractivity contribution in [1.29, 1.82) is 0 Å². The van der Waals surface area contributed by atoms with Crippen LogP contribution in [0.3, 0.4) is 0 Å². The summed E-state index contributed by atoms with van der Waals surface area (Å²) in [5.74, 6) is 2.26. The zero-order valence-electron chi connectivity index (χ0n) is 15.2. The highest BCUT2D eigenvalue weighted by Crippen LogP contribution is 2.36. The quantitative estimate of drug-likeness (QED) is 0.622. The Morgan fingerprint density at radius 3 is 2.29 bits per heavy atom. The Labute approximate surface area is 160 Å². The van der Waals surface area contributed by atoms with Gasteiger partial charge in [0, 0.05) is 23.3 Å². The number of fused-ring (bicyclic) bond motifs is 1. The second-order valence-corrected chi connectivity index (χ2v) is 5.60. The zero-order valence-corrected chi connectivity index (χ0v) is 15.2. The third-order valence-corrected chi connectivity index (χ3v) is 3.78. The van der Waals surface area contributed by atoms with E-state index in [0.717, 1.165) is 5.39 Å². The lowest BCUT2D eigenvalue weighted by atomic mass is 10.2. The maximum atomic E-state index is 11.5. The van der Waals surface area contributed by atoms with Gasteiger partial charge >= 0.3 is 12.1 Å². The molecule has 28 heavy (non-hydrogen) atoms. The number of primary amides is 1. The van der Waals surface area contributed by atoms with Crippen LogP contribution in [0.1, 0.15) is 0 Å². The van der Waals surface area contributed by atoms with Crippen molar-refractivity contribution < 1.29 is 23.8 Å². The van der Waals surface area contributed by atoms with Crippen molar-refractivity contribution in [3.8, 4) is 23.0 Å². The summed E-state index contributed by atoms with van der Waals surface area (Å²) in [5, 5.41) is 5.14. The van der Waals surface area contributed by atoms with E-state index in [2.05, 4.69) is 10.3 Å². The molecule has 1 aromatic heterocycles. The third kappa shape index (κ3) is 4.21. The van der Waals surface area contributed by atoms with E-state index in [0.29, 0.717) is 34.2 Å². The van der Waals surface area contributed by atoms with Gasteiger partial charge in [-0.2, -0.15) is 0 Å². The number of carbonyl (C=O) groups excluding carboxylic acids is 2. The number of amides is 4. The smallest absolute Gasteiger partial charge is 0.327 e. The van der Waals surface area contributed by atoms with Gasteiger partial charge in [-0.3, -0.25) is 10.3 Å². The first-order valence-corrected chi connectivity index (χ1v) is 8.16. The van der Waals surface area contributed by atoms with Crippen LogP contribution < -0.4 is 30.6 Å². The summed E-state index contributed by atoms with van der Waals surface area (Å²) >= 11 is 0. The van der Waals surface area contributed by atoms with Crippen molar-refractivity contribution in [2.75, 3.05) is 19.5 Å². The zero-order chi connectivity index (χ0) is 20.1. The lowest BCUT2D eigenvalue weighted by Gasteiger charge is -2.12. The summed E-state index contributed by atoms with van der Waals surface area (Å²) in [6, 6.07) is 10.2. The van der Waals surface area contributed by atoms with Crippen molar-refractivity contribution in [3.63, 3.8) is 0 Å². The first-order chi connectivity index (χ1) is 13.5. The molecule has 0 aliphatic heterocycles. The van der Waals surface area contributed by atoms with Gasteiger partial charge in [0.2, 0.25) is 0 Å². The molecule has 4 N–H and O–H groups in total. The molecular weight excluding hydrogens is 364 g/mol. The Morgan fingerprint density at radius 1 is 0.964 bits per heavy atom. The van der Waals surface area contributed by atoms with E-state index < -0.39 is 12.1 Å². The number of hydrogen-bond acceptors (Lipinski definition) is 6. The van der Waals surface area contributed by atoms with Gasteiger partial charge in [0.05, 0.1) is 19.7 Å². The second kappa shape index (κ2) is 8.12. The van der Waals surface area contributed by atoms with Crippen molar-refractivity contribution >= 4 is 28.7 Å². The number of aromatic nitrogens is 1. The minimum Gasteiger partial charge on any atom is -0.493 e. The number of carbonyl (C=O) groups is 2. The summed E-state index contributed by atoms with van der Waals surface area (Å²) in [6.07, 6.45) is 1.63. The topological polar surface area (TPSA) is 125 Å². The summed E-state index contributed by atoms with van der Waals surface area (Å²) in [5.41, 5.74) is 6.05. The Kier molecular flexibility index (Phi) is 5.45. The molecule has 0 unspecified atom stereocenters. The number of rotatable bonds is 5. The molecule has 2 aromatic carbocycles. The fourth-order valence-electron chi connectivity index (χ4n) is 2.54. The average Bonchev–Trinajstić information content (AvgIpc) is 2.68. The predicted molar refractivity (Wildman–Crippen MR) is 103 cm³/mol. The molecular formula is C19H18N4O5. The number of imide groups is 1. The van der Waals surface area contributed by atoms with Crippen LogP contribution >= 0.6 is 0 Å². The number of urea groups is 2. The van der Waals surface area contributed by atoms with Crippen molar-refractivity contribution in [3.05, 3.63) is 48.7 Å². The lowest BCUT2D eigenvalue weighted by molar-refractivity contribution is 0.238. The highest BCUT2D eigenvalue weighted by atomic mass is 16.5. The van der Waals surface area contributed by atoms with Crippen molar-refractivity contribution in [2.24, 2.45) is 5.73 Å². The fraction of sp³-hybridized carbons (Fsp3) is 0.105. The van der Waals surface area contributed by atoms with Gasteiger partial charge in [0.25, 0.3) is 0 Å². The van der Waals surface area contributed by atoms with E-state index in [1.54, 1.807) is 62.9 Å². The second-order valence-electron chi connectivity index (χ2n) is 5.60. The van der Waals surface area contributed by atoms with Crippen molar-refractivity contribution in [2.45, 2.75) is 0 Å². The van der Waals surface area contributed by atoms with E-state index in [1.165, 1.54) is 0 Å². The number of hydrogen-bond donors (Lipinski definition) is 3. The fourth-order valence-corrected chi connectivity index (χ4v) is 2.54. The number of benzene rings is 2. The molecule has 9 heteroatoms.